The molecule has 104 valence electrons. The molecule has 0 saturated carbocycles. The lowest BCUT2D eigenvalue weighted by atomic mass is 10.2. The van der Waals surface area contributed by atoms with Crippen LogP contribution in [0.3, 0.4) is 0 Å². The Bertz CT molecular complexity index is 433. The third-order valence-corrected chi connectivity index (χ3v) is 3.46. The number of halogens is 1. The summed E-state index contributed by atoms with van der Waals surface area (Å²) in [6.45, 7) is 1.97. The van der Waals surface area contributed by atoms with Crippen molar-refractivity contribution in [3.63, 3.8) is 0 Å². The van der Waals surface area contributed by atoms with E-state index >= 15 is 0 Å². The molecule has 0 unspecified atom stereocenters. The fourth-order valence-corrected chi connectivity index (χ4v) is 2.31. The molecule has 1 aliphatic heterocycles. The Morgan fingerprint density at radius 1 is 1.58 bits per heavy atom. The Kier molecular flexibility index (Phi) is 5.05. The number of nitrogens with one attached hydrogen (secondary N) is 1. The predicted octanol–water partition coefficient (Wildman–Crippen LogP) is 1.93. The van der Waals surface area contributed by atoms with Gasteiger partial charge in [0.05, 0.1) is 12.6 Å². The van der Waals surface area contributed by atoms with Gasteiger partial charge in [-0.25, -0.2) is 0 Å². The van der Waals surface area contributed by atoms with Crippen molar-refractivity contribution < 1.29 is 9.53 Å². The van der Waals surface area contributed by atoms with Crippen LogP contribution in [0.5, 0.6) is 5.75 Å². The van der Waals surface area contributed by atoms with Crippen molar-refractivity contribution >= 4 is 17.5 Å². The summed E-state index contributed by atoms with van der Waals surface area (Å²) in [5.74, 6) is 0.875. The number of ether oxygens (including phenoxy) is 1. The van der Waals surface area contributed by atoms with Gasteiger partial charge in [0.25, 0.3) is 0 Å². The number of rotatable bonds is 5. The SMILES string of the molecule is CN(CCOc1cccc(Cl)c1)C(=O)[C@@H]1CCCN1. The van der Waals surface area contributed by atoms with Crippen LogP contribution in [0.25, 0.3) is 0 Å². The lowest BCUT2D eigenvalue weighted by molar-refractivity contribution is -0.132. The Morgan fingerprint density at radius 3 is 3.11 bits per heavy atom. The molecule has 1 saturated heterocycles. The fourth-order valence-electron chi connectivity index (χ4n) is 2.13. The Balaban J connectivity index is 1.74. The number of benzene rings is 1. The molecule has 1 amide bonds. The first kappa shape index (κ1) is 14.2. The first-order chi connectivity index (χ1) is 9.16. The zero-order valence-electron chi connectivity index (χ0n) is 11.1. The molecule has 0 spiro atoms. The summed E-state index contributed by atoms with van der Waals surface area (Å²) >= 11 is 5.87. The second-order valence-electron chi connectivity index (χ2n) is 4.71. The molecule has 0 aliphatic carbocycles. The lowest BCUT2D eigenvalue weighted by Crippen LogP contribution is -2.43. The highest BCUT2D eigenvalue weighted by Gasteiger charge is 2.24. The van der Waals surface area contributed by atoms with E-state index in [1.54, 1.807) is 17.0 Å². The van der Waals surface area contributed by atoms with Crippen LogP contribution in [0, 0.1) is 0 Å². The van der Waals surface area contributed by atoms with Crippen molar-refractivity contribution in [2.45, 2.75) is 18.9 Å². The molecular weight excluding hydrogens is 264 g/mol. The molecule has 2 rings (SSSR count). The number of carbonyl (C=O) groups is 1. The van der Waals surface area contributed by atoms with Crippen molar-refractivity contribution in [2.75, 3.05) is 26.7 Å². The number of amides is 1. The maximum absolute atomic E-state index is 12.0. The van der Waals surface area contributed by atoms with Gasteiger partial charge in [-0.3, -0.25) is 4.79 Å². The van der Waals surface area contributed by atoms with Crippen LogP contribution in [0.2, 0.25) is 5.02 Å². The number of hydrogen-bond donors (Lipinski definition) is 1. The molecule has 4 nitrogen and oxygen atoms in total. The molecule has 1 atom stereocenters. The van der Waals surface area contributed by atoms with E-state index in [1.165, 1.54) is 0 Å². The van der Waals surface area contributed by atoms with E-state index in [1.807, 2.05) is 19.2 Å². The summed E-state index contributed by atoms with van der Waals surface area (Å²) in [5, 5.41) is 3.85. The number of likely N-dealkylation sites (N-methyl/N-ethyl adjacent to an activating group) is 1. The summed E-state index contributed by atoms with van der Waals surface area (Å²) in [6, 6.07) is 7.25. The highest BCUT2D eigenvalue weighted by Crippen LogP contribution is 2.17. The average Bonchev–Trinajstić information content (AvgIpc) is 2.91. The molecule has 1 aromatic carbocycles. The predicted molar refractivity (Wildman–Crippen MR) is 75.6 cm³/mol. The van der Waals surface area contributed by atoms with Crippen LogP contribution >= 0.6 is 11.6 Å². The largest absolute Gasteiger partial charge is 0.492 e. The van der Waals surface area contributed by atoms with Gasteiger partial charge >= 0.3 is 0 Å². The molecule has 1 fully saturated rings. The van der Waals surface area contributed by atoms with Crippen molar-refractivity contribution in [3.05, 3.63) is 29.3 Å². The molecule has 1 aromatic rings. The summed E-state index contributed by atoms with van der Waals surface area (Å²) in [5.41, 5.74) is 0. The fraction of sp³-hybridized carbons (Fsp3) is 0.500. The Morgan fingerprint density at radius 2 is 2.42 bits per heavy atom. The quantitative estimate of drug-likeness (QED) is 0.897. The number of nitrogens with zero attached hydrogens (tertiary/aromatic N) is 1. The smallest absolute Gasteiger partial charge is 0.239 e. The summed E-state index contributed by atoms with van der Waals surface area (Å²) in [7, 11) is 1.81. The van der Waals surface area contributed by atoms with Crippen LogP contribution < -0.4 is 10.1 Å². The van der Waals surface area contributed by atoms with Crippen LogP contribution in [0.4, 0.5) is 0 Å². The zero-order valence-corrected chi connectivity index (χ0v) is 11.8. The van der Waals surface area contributed by atoms with Gasteiger partial charge in [0.15, 0.2) is 0 Å². The van der Waals surface area contributed by atoms with Gasteiger partial charge in [0, 0.05) is 12.1 Å². The van der Waals surface area contributed by atoms with Crippen LogP contribution in [0.15, 0.2) is 24.3 Å². The molecule has 0 aromatic heterocycles. The maximum atomic E-state index is 12.0. The molecule has 1 heterocycles. The first-order valence-corrected chi connectivity index (χ1v) is 6.91. The van der Waals surface area contributed by atoms with Gasteiger partial charge in [-0.1, -0.05) is 17.7 Å². The minimum absolute atomic E-state index is 0.0174. The second kappa shape index (κ2) is 6.78. The van der Waals surface area contributed by atoms with Crippen LogP contribution in [0.1, 0.15) is 12.8 Å². The normalized spacial score (nSPS) is 18.3. The topological polar surface area (TPSA) is 41.6 Å². The van der Waals surface area contributed by atoms with Crippen molar-refractivity contribution in [1.29, 1.82) is 0 Å². The van der Waals surface area contributed by atoms with E-state index in [9.17, 15) is 4.79 Å². The highest BCUT2D eigenvalue weighted by molar-refractivity contribution is 6.30. The Hall–Kier alpha value is -1.26. The number of hydrogen-bond acceptors (Lipinski definition) is 3. The lowest BCUT2D eigenvalue weighted by Gasteiger charge is -2.21. The third-order valence-electron chi connectivity index (χ3n) is 3.23. The van der Waals surface area contributed by atoms with Gasteiger partial charge in [0.2, 0.25) is 5.91 Å². The summed E-state index contributed by atoms with van der Waals surface area (Å²) in [4.78, 5) is 13.7. The maximum Gasteiger partial charge on any atom is 0.239 e. The van der Waals surface area contributed by atoms with Gasteiger partial charge in [0.1, 0.15) is 12.4 Å². The van der Waals surface area contributed by atoms with Crippen molar-refractivity contribution in [1.82, 2.24) is 10.2 Å². The molecule has 1 aliphatic rings. The highest BCUT2D eigenvalue weighted by atomic mass is 35.5. The van der Waals surface area contributed by atoms with Crippen LogP contribution in [-0.4, -0.2) is 43.6 Å². The van der Waals surface area contributed by atoms with E-state index in [-0.39, 0.29) is 11.9 Å². The average molecular weight is 283 g/mol. The van der Waals surface area contributed by atoms with E-state index in [2.05, 4.69) is 5.32 Å². The molecule has 0 radical (unpaired) electrons. The van der Waals surface area contributed by atoms with Gasteiger partial charge in [-0.2, -0.15) is 0 Å². The van der Waals surface area contributed by atoms with Gasteiger partial charge < -0.3 is 15.0 Å². The Labute approximate surface area is 118 Å². The third kappa shape index (κ3) is 4.11. The molecular formula is C14H19ClN2O2. The second-order valence-corrected chi connectivity index (χ2v) is 5.15. The number of carbonyl (C=O) groups excluding carboxylic acids is 1. The van der Waals surface area contributed by atoms with Gasteiger partial charge in [-0.15, -0.1) is 0 Å². The molecule has 5 heteroatoms. The monoisotopic (exact) mass is 282 g/mol. The van der Waals surface area contributed by atoms with E-state index < -0.39 is 0 Å². The van der Waals surface area contributed by atoms with Crippen molar-refractivity contribution in [3.8, 4) is 5.75 Å². The summed E-state index contributed by atoms with van der Waals surface area (Å²) in [6.07, 6.45) is 2.00. The summed E-state index contributed by atoms with van der Waals surface area (Å²) < 4.78 is 5.57. The standard InChI is InChI=1S/C14H19ClN2O2/c1-17(14(18)13-6-3-7-16-13)8-9-19-12-5-2-4-11(15)10-12/h2,4-5,10,13,16H,3,6-9H2,1H3/t13-/m0/s1. The zero-order chi connectivity index (χ0) is 13.7. The van der Waals surface area contributed by atoms with Gasteiger partial charge in [-0.05, 0) is 37.6 Å². The molecule has 0 bridgehead atoms. The van der Waals surface area contributed by atoms with E-state index in [4.69, 9.17) is 16.3 Å². The van der Waals surface area contributed by atoms with Crippen LogP contribution in [-0.2, 0) is 4.79 Å². The molecule has 19 heavy (non-hydrogen) atoms. The minimum Gasteiger partial charge on any atom is -0.492 e. The van der Waals surface area contributed by atoms with Crippen molar-refractivity contribution in [2.24, 2.45) is 0 Å². The first-order valence-electron chi connectivity index (χ1n) is 6.53. The minimum atomic E-state index is -0.0174. The molecule has 1 N–H and O–H groups in total. The van der Waals surface area contributed by atoms with E-state index in [0.717, 1.165) is 25.1 Å². The van der Waals surface area contributed by atoms with E-state index in [0.29, 0.717) is 18.2 Å².